The van der Waals surface area contributed by atoms with E-state index in [9.17, 15) is 9.59 Å². The minimum absolute atomic E-state index is 0.0350. The maximum Gasteiger partial charge on any atom is 0.305 e. The molecule has 0 aliphatic carbocycles. The van der Waals surface area contributed by atoms with Crippen LogP contribution in [-0.2, 0) is 16.0 Å². The van der Waals surface area contributed by atoms with Gasteiger partial charge in [0.2, 0.25) is 0 Å². The maximum atomic E-state index is 10.5. The Morgan fingerprint density at radius 3 is 2.35 bits per heavy atom. The molecule has 17 heavy (non-hydrogen) atoms. The molecule has 0 aromatic heterocycles. The fraction of sp³-hybridized carbons (Fsp3) is 0.333. The smallest absolute Gasteiger partial charge is 0.305 e. The Labute approximate surface area is 99.1 Å². The second kappa shape index (κ2) is 6.52. The molecule has 0 saturated heterocycles. The van der Waals surface area contributed by atoms with Crippen LogP contribution in [0.3, 0.4) is 0 Å². The van der Waals surface area contributed by atoms with Crippen LogP contribution in [0.2, 0.25) is 0 Å². The molecule has 3 N–H and O–H groups in total. The van der Waals surface area contributed by atoms with Crippen LogP contribution in [-0.4, -0.2) is 28.7 Å². The molecular weight excluding hydrogens is 222 g/mol. The van der Waals surface area contributed by atoms with Gasteiger partial charge >= 0.3 is 11.9 Å². The lowest BCUT2D eigenvalue weighted by Gasteiger charge is -2.10. The van der Waals surface area contributed by atoms with Crippen molar-refractivity contribution in [1.29, 1.82) is 0 Å². The van der Waals surface area contributed by atoms with E-state index < -0.39 is 11.9 Å². The van der Waals surface area contributed by atoms with Gasteiger partial charge in [0.05, 0.1) is 6.42 Å². The molecule has 0 aliphatic rings. The predicted octanol–water partition coefficient (Wildman–Crippen LogP) is 1.59. The lowest BCUT2D eigenvalue weighted by Crippen LogP contribution is -2.09. The van der Waals surface area contributed by atoms with Crippen molar-refractivity contribution in [3.05, 3.63) is 29.8 Å². The lowest BCUT2D eigenvalue weighted by atomic mass is 10.1. The van der Waals surface area contributed by atoms with E-state index >= 15 is 0 Å². The van der Waals surface area contributed by atoms with Crippen molar-refractivity contribution in [2.75, 3.05) is 11.9 Å². The molecule has 0 atom stereocenters. The van der Waals surface area contributed by atoms with Crippen LogP contribution >= 0.6 is 0 Å². The summed E-state index contributed by atoms with van der Waals surface area (Å²) in [6.07, 6.45) is 0.538. The van der Waals surface area contributed by atoms with Crippen LogP contribution < -0.4 is 5.32 Å². The number of para-hydroxylation sites is 1. The molecule has 0 spiro atoms. The minimum Gasteiger partial charge on any atom is -0.481 e. The van der Waals surface area contributed by atoms with E-state index in [-0.39, 0.29) is 12.8 Å². The van der Waals surface area contributed by atoms with Crippen molar-refractivity contribution in [1.82, 2.24) is 0 Å². The van der Waals surface area contributed by atoms with Gasteiger partial charge in [-0.2, -0.15) is 0 Å². The molecule has 0 aliphatic heterocycles. The van der Waals surface area contributed by atoms with Crippen LogP contribution in [0, 0.1) is 0 Å². The number of carboxylic acid groups (broad SMARTS) is 2. The number of benzene rings is 1. The van der Waals surface area contributed by atoms with Crippen LogP contribution in [0.25, 0.3) is 0 Å². The number of carbonyl (C=O) groups is 2. The zero-order valence-electron chi connectivity index (χ0n) is 9.35. The van der Waals surface area contributed by atoms with Gasteiger partial charge in [-0.3, -0.25) is 9.59 Å². The van der Waals surface area contributed by atoms with Gasteiger partial charge in [0.25, 0.3) is 0 Å². The number of carboxylic acids is 2. The molecule has 1 aromatic carbocycles. The van der Waals surface area contributed by atoms with Crippen molar-refractivity contribution >= 4 is 17.6 Å². The Bertz CT molecular complexity index is 403. The van der Waals surface area contributed by atoms with Crippen LogP contribution in [0.5, 0.6) is 0 Å². The third-order valence-electron chi connectivity index (χ3n) is 2.28. The Hall–Kier alpha value is -2.04. The van der Waals surface area contributed by atoms with Gasteiger partial charge in [-0.05, 0) is 18.1 Å². The summed E-state index contributed by atoms with van der Waals surface area (Å²) in [6, 6.07) is 7.32. The molecule has 0 heterocycles. The number of aliphatic carboxylic acids is 2. The molecule has 0 saturated carbocycles. The van der Waals surface area contributed by atoms with Crippen molar-refractivity contribution in [2.45, 2.75) is 19.3 Å². The van der Waals surface area contributed by atoms with E-state index in [0.29, 0.717) is 13.0 Å². The number of hydrogen-bond donors (Lipinski definition) is 3. The standard InChI is InChI=1S/C12H15NO4/c14-11(15)6-5-9-3-1-2-4-10(9)13-8-7-12(16)17/h1-4,13H,5-8H2,(H,14,15)(H,16,17). The average molecular weight is 237 g/mol. The highest BCUT2D eigenvalue weighted by atomic mass is 16.4. The summed E-state index contributed by atoms with van der Waals surface area (Å²) in [5, 5.41) is 20.1. The molecule has 0 radical (unpaired) electrons. The second-order valence-corrected chi connectivity index (χ2v) is 3.62. The first-order valence-corrected chi connectivity index (χ1v) is 5.35. The van der Waals surface area contributed by atoms with Crippen LogP contribution in [0.15, 0.2) is 24.3 Å². The molecule has 1 aromatic rings. The molecule has 1 rings (SSSR count). The molecular formula is C12H15NO4. The summed E-state index contributed by atoms with van der Waals surface area (Å²) in [7, 11) is 0. The van der Waals surface area contributed by atoms with Gasteiger partial charge in [0.15, 0.2) is 0 Å². The summed E-state index contributed by atoms with van der Waals surface area (Å²) < 4.78 is 0. The van der Waals surface area contributed by atoms with E-state index in [1.54, 1.807) is 0 Å². The van der Waals surface area contributed by atoms with Gasteiger partial charge in [-0.15, -0.1) is 0 Å². The third kappa shape index (κ3) is 5.01. The van der Waals surface area contributed by atoms with Gasteiger partial charge in [-0.1, -0.05) is 18.2 Å². The fourth-order valence-electron chi connectivity index (χ4n) is 1.46. The molecule has 92 valence electrons. The normalized spacial score (nSPS) is 9.88. The lowest BCUT2D eigenvalue weighted by molar-refractivity contribution is -0.137. The Morgan fingerprint density at radius 2 is 1.71 bits per heavy atom. The number of aryl methyl sites for hydroxylation is 1. The largest absolute Gasteiger partial charge is 0.481 e. The Morgan fingerprint density at radius 1 is 1.06 bits per heavy atom. The maximum absolute atomic E-state index is 10.5. The average Bonchev–Trinajstić information content (AvgIpc) is 2.27. The highest BCUT2D eigenvalue weighted by Gasteiger charge is 2.04. The van der Waals surface area contributed by atoms with Gasteiger partial charge in [0, 0.05) is 18.7 Å². The number of rotatable bonds is 7. The zero-order chi connectivity index (χ0) is 12.7. The highest BCUT2D eigenvalue weighted by Crippen LogP contribution is 2.16. The van der Waals surface area contributed by atoms with E-state index in [1.165, 1.54) is 0 Å². The zero-order valence-corrected chi connectivity index (χ0v) is 9.35. The summed E-state index contributed by atoms with van der Waals surface area (Å²) in [5.41, 5.74) is 1.69. The molecule has 0 amide bonds. The predicted molar refractivity (Wildman–Crippen MR) is 63.1 cm³/mol. The first kappa shape index (κ1) is 13.0. The summed E-state index contributed by atoms with van der Waals surface area (Å²) in [4.78, 5) is 20.9. The highest BCUT2D eigenvalue weighted by molar-refractivity contribution is 5.68. The van der Waals surface area contributed by atoms with E-state index in [1.807, 2.05) is 24.3 Å². The van der Waals surface area contributed by atoms with E-state index in [4.69, 9.17) is 10.2 Å². The molecule has 0 fully saturated rings. The van der Waals surface area contributed by atoms with Gasteiger partial charge in [-0.25, -0.2) is 0 Å². The number of anilines is 1. The molecule has 5 heteroatoms. The van der Waals surface area contributed by atoms with Crippen molar-refractivity contribution in [2.24, 2.45) is 0 Å². The van der Waals surface area contributed by atoms with Crippen molar-refractivity contribution in [3.63, 3.8) is 0 Å². The molecule has 0 unspecified atom stereocenters. The molecule has 5 nitrogen and oxygen atoms in total. The summed E-state index contributed by atoms with van der Waals surface area (Å²) in [5.74, 6) is -1.70. The fourth-order valence-corrected chi connectivity index (χ4v) is 1.46. The summed E-state index contributed by atoms with van der Waals surface area (Å²) >= 11 is 0. The van der Waals surface area contributed by atoms with Crippen LogP contribution in [0.4, 0.5) is 5.69 Å². The Balaban J connectivity index is 2.57. The van der Waals surface area contributed by atoms with Crippen molar-refractivity contribution < 1.29 is 19.8 Å². The van der Waals surface area contributed by atoms with Crippen molar-refractivity contribution in [3.8, 4) is 0 Å². The third-order valence-corrected chi connectivity index (χ3v) is 2.28. The molecule has 0 bridgehead atoms. The van der Waals surface area contributed by atoms with Gasteiger partial charge in [0.1, 0.15) is 0 Å². The van der Waals surface area contributed by atoms with E-state index in [2.05, 4.69) is 5.32 Å². The van der Waals surface area contributed by atoms with Gasteiger partial charge < -0.3 is 15.5 Å². The quantitative estimate of drug-likeness (QED) is 0.670. The van der Waals surface area contributed by atoms with E-state index in [0.717, 1.165) is 11.3 Å². The monoisotopic (exact) mass is 237 g/mol. The minimum atomic E-state index is -0.861. The first-order chi connectivity index (χ1) is 8.09. The summed E-state index contributed by atoms with van der Waals surface area (Å²) in [6.45, 7) is 0.333. The number of nitrogens with one attached hydrogen (secondary N) is 1. The second-order valence-electron chi connectivity index (χ2n) is 3.62. The topological polar surface area (TPSA) is 86.6 Å². The van der Waals surface area contributed by atoms with Crippen LogP contribution in [0.1, 0.15) is 18.4 Å². The Kier molecular flexibility index (Phi) is 5.00. The first-order valence-electron chi connectivity index (χ1n) is 5.35. The number of hydrogen-bond acceptors (Lipinski definition) is 3. The SMILES string of the molecule is O=C(O)CCNc1ccccc1CCC(=O)O.